The van der Waals surface area contributed by atoms with Crippen molar-refractivity contribution in [2.24, 2.45) is 0 Å². The van der Waals surface area contributed by atoms with Gasteiger partial charge in [0.25, 0.3) is 0 Å². The summed E-state index contributed by atoms with van der Waals surface area (Å²) in [6.07, 6.45) is 0. The molecule has 1 heterocycles. The fourth-order valence-electron chi connectivity index (χ4n) is 3.22. The Bertz CT molecular complexity index is 833. The standard InChI is InChI=1S/C20H26N6O4/c27-11-9-21-5-7-23-19-15-16(20(26-25-19)24-8-6-22-10-12-28)18(30)14-4-2-1-3-13(14)17(15)29/h1-4,21-22,27-28H,5-12H2,(H,23,25)(H,24,26). The second-order valence-corrected chi connectivity index (χ2v) is 6.65. The van der Waals surface area contributed by atoms with Gasteiger partial charge in [0.05, 0.1) is 24.3 Å². The Kier molecular flexibility index (Phi) is 7.80. The zero-order valence-corrected chi connectivity index (χ0v) is 16.6. The van der Waals surface area contributed by atoms with Crippen LogP contribution in [-0.2, 0) is 0 Å². The highest BCUT2D eigenvalue weighted by atomic mass is 16.3. The molecule has 0 bridgehead atoms. The summed E-state index contributed by atoms with van der Waals surface area (Å²) in [4.78, 5) is 26.4. The quantitative estimate of drug-likeness (QED) is 0.209. The van der Waals surface area contributed by atoms with Crippen molar-refractivity contribution >= 4 is 23.2 Å². The van der Waals surface area contributed by atoms with Gasteiger partial charge in [-0.3, -0.25) is 9.59 Å². The van der Waals surface area contributed by atoms with E-state index in [1.807, 2.05) is 0 Å². The van der Waals surface area contributed by atoms with Crippen molar-refractivity contribution in [2.75, 3.05) is 63.1 Å². The zero-order chi connectivity index (χ0) is 21.3. The number of ketones is 2. The first-order valence-corrected chi connectivity index (χ1v) is 9.89. The lowest BCUT2D eigenvalue weighted by atomic mass is 9.84. The summed E-state index contributed by atoms with van der Waals surface area (Å²) in [5.41, 5.74) is 1.11. The zero-order valence-electron chi connectivity index (χ0n) is 16.6. The predicted octanol–water partition coefficient (Wildman–Crippen LogP) is -0.760. The molecule has 0 fully saturated rings. The Morgan fingerprint density at radius 3 is 1.50 bits per heavy atom. The number of aliphatic hydroxyl groups is 2. The summed E-state index contributed by atoms with van der Waals surface area (Å²) in [5, 5.41) is 38.2. The van der Waals surface area contributed by atoms with Gasteiger partial charge in [0.1, 0.15) is 0 Å². The molecule has 0 saturated carbocycles. The number of carbonyl (C=O) groups is 2. The van der Waals surface area contributed by atoms with Crippen LogP contribution in [0.3, 0.4) is 0 Å². The van der Waals surface area contributed by atoms with Gasteiger partial charge < -0.3 is 31.5 Å². The molecule has 0 saturated heterocycles. The van der Waals surface area contributed by atoms with Crippen molar-refractivity contribution in [3.8, 4) is 0 Å². The van der Waals surface area contributed by atoms with Gasteiger partial charge in [0.15, 0.2) is 23.2 Å². The average molecular weight is 414 g/mol. The molecular formula is C20H26N6O4. The van der Waals surface area contributed by atoms with Crippen LogP contribution in [0.1, 0.15) is 31.8 Å². The lowest BCUT2D eigenvalue weighted by Crippen LogP contribution is -2.30. The molecule has 0 unspecified atom stereocenters. The van der Waals surface area contributed by atoms with Crippen LogP contribution in [0.5, 0.6) is 0 Å². The monoisotopic (exact) mass is 414 g/mol. The van der Waals surface area contributed by atoms with Gasteiger partial charge in [-0.05, 0) is 0 Å². The minimum absolute atomic E-state index is 0.0342. The number of benzene rings is 1. The maximum Gasteiger partial charge on any atom is 0.198 e. The summed E-state index contributed by atoms with van der Waals surface area (Å²) < 4.78 is 0. The number of aliphatic hydroxyl groups excluding tert-OH is 2. The lowest BCUT2D eigenvalue weighted by Gasteiger charge is -2.22. The van der Waals surface area contributed by atoms with Gasteiger partial charge in [-0.15, -0.1) is 10.2 Å². The van der Waals surface area contributed by atoms with Crippen LogP contribution in [0.25, 0.3) is 0 Å². The van der Waals surface area contributed by atoms with E-state index in [0.717, 1.165) is 0 Å². The van der Waals surface area contributed by atoms with Crippen molar-refractivity contribution in [2.45, 2.75) is 0 Å². The Labute approximate surface area is 174 Å². The Morgan fingerprint density at radius 2 is 1.10 bits per heavy atom. The summed E-state index contributed by atoms with van der Waals surface area (Å²) in [6, 6.07) is 6.72. The van der Waals surface area contributed by atoms with Crippen LogP contribution in [0.15, 0.2) is 24.3 Å². The average Bonchev–Trinajstić information content (AvgIpc) is 2.77. The maximum atomic E-state index is 13.2. The number of nitrogens with zero attached hydrogens (tertiary/aromatic N) is 2. The molecule has 1 aliphatic rings. The van der Waals surface area contributed by atoms with E-state index in [0.29, 0.717) is 50.4 Å². The van der Waals surface area contributed by atoms with Crippen LogP contribution in [0.4, 0.5) is 11.6 Å². The van der Waals surface area contributed by atoms with Gasteiger partial charge in [0, 0.05) is 50.4 Å². The number of carbonyl (C=O) groups excluding carboxylic acids is 2. The van der Waals surface area contributed by atoms with Crippen LogP contribution in [0.2, 0.25) is 0 Å². The van der Waals surface area contributed by atoms with Gasteiger partial charge in [0.2, 0.25) is 0 Å². The van der Waals surface area contributed by atoms with Crippen LogP contribution in [0, 0.1) is 0 Å². The molecule has 0 aliphatic heterocycles. The summed E-state index contributed by atoms with van der Waals surface area (Å²) >= 11 is 0. The molecular weight excluding hydrogens is 388 g/mol. The second-order valence-electron chi connectivity index (χ2n) is 6.65. The molecule has 10 heteroatoms. The largest absolute Gasteiger partial charge is 0.395 e. The number of hydrogen-bond acceptors (Lipinski definition) is 10. The third-order valence-corrected chi connectivity index (χ3v) is 4.61. The maximum absolute atomic E-state index is 13.2. The third-order valence-electron chi connectivity index (χ3n) is 4.61. The van der Waals surface area contributed by atoms with Crippen LogP contribution in [-0.4, -0.2) is 84.5 Å². The van der Waals surface area contributed by atoms with Crippen LogP contribution < -0.4 is 21.3 Å². The molecule has 0 radical (unpaired) electrons. The fourth-order valence-corrected chi connectivity index (χ4v) is 3.22. The molecule has 0 spiro atoms. The minimum atomic E-state index is -0.276. The molecule has 1 aromatic carbocycles. The predicted molar refractivity (Wildman–Crippen MR) is 112 cm³/mol. The van der Waals surface area contributed by atoms with Crippen molar-refractivity contribution in [3.63, 3.8) is 0 Å². The minimum Gasteiger partial charge on any atom is -0.395 e. The van der Waals surface area contributed by atoms with E-state index in [9.17, 15) is 9.59 Å². The Hall–Kier alpha value is -2.92. The number of anilines is 2. The van der Waals surface area contributed by atoms with E-state index < -0.39 is 0 Å². The number of nitrogens with one attached hydrogen (secondary N) is 4. The van der Waals surface area contributed by atoms with E-state index in [4.69, 9.17) is 10.2 Å². The lowest BCUT2D eigenvalue weighted by molar-refractivity contribution is 0.0979. The molecule has 1 aliphatic carbocycles. The summed E-state index contributed by atoms with van der Waals surface area (Å²) in [5.74, 6) is -0.0371. The van der Waals surface area contributed by atoms with E-state index in [1.165, 1.54) is 0 Å². The molecule has 6 N–H and O–H groups in total. The SMILES string of the molecule is O=C1c2ccccc2C(=O)c2c(NCCNCCO)nnc(NCCNCCO)c21. The van der Waals surface area contributed by atoms with E-state index in [-0.39, 0.29) is 47.5 Å². The van der Waals surface area contributed by atoms with Gasteiger partial charge in [-0.25, -0.2) is 0 Å². The molecule has 3 rings (SSSR count). The number of fused-ring (bicyclic) bond motifs is 2. The van der Waals surface area contributed by atoms with Gasteiger partial charge >= 0.3 is 0 Å². The Morgan fingerprint density at radius 1 is 0.667 bits per heavy atom. The topological polar surface area (TPSA) is 148 Å². The Balaban J connectivity index is 1.88. The van der Waals surface area contributed by atoms with Crippen molar-refractivity contribution in [3.05, 3.63) is 46.5 Å². The van der Waals surface area contributed by atoms with Crippen molar-refractivity contribution in [1.29, 1.82) is 0 Å². The third kappa shape index (κ3) is 4.79. The smallest absolute Gasteiger partial charge is 0.198 e. The highest BCUT2D eigenvalue weighted by molar-refractivity contribution is 6.31. The molecule has 0 amide bonds. The molecule has 2 aromatic rings. The first-order valence-electron chi connectivity index (χ1n) is 9.89. The second kappa shape index (κ2) is 10.7. The summed E-state index contributed by atoms with van der Waals surface area (Å²) in [7, 11) is 0. The number of aromatic nitrogens is 2. The number of hydrogen-bond donors (Lipinski definition) is 6. The molecule has 30 heavy (non-hydrogen) atoms. The van der Waals surface area contributed by atoms with Gasteiger partial charge in [-0.2, -0.15) is 0 Å². The summed E-state index contributed by atoms with van der Waals surface area (Å²) in [6.45, 7) is 2.98. The molecule has 10 nitrogen and oxygen atoms in total. The fraction of sp³-hybridized carbons (Fsp3) is 0.400. The normalized spacial score (nSPS) is 12.5. The van der Waals surface area contributed by atoms with Crippen molar-refractivity contribution in [1.82, 2.24) is 20.8 Å². The van der Waals surface area contributed by atoms with E-state index >= 15 is 0 Å². The van der Waals surface area contributed by atoms with Gasteiger partial charge in [-0.1, -0.05) is 24.3 Å². The first kappa shape index (κ1) is 21.8. The first-order chi connectivity index (χ1) is 14.7. The van der Waals surface area contributed by atoms with Crippen molar-refractivity contribution < 1.29 is 19.8 Å². The molecule has 1 aromatic heterocycles. The highest BCUT2D eigenvalue weighted by Gasteiger charge is 2.35. The molecule has 160 valence electrons. The molecule has 0 atom stereocenters. The van der Waals surface area contributed by atoms with E-state index in [1.54, 1.807) is 24.3 Å². The number of rotatable bonds is 12. The van der Waals surface area contributed by atoms with E-state index in [2.05, 4.69) is 31.5 Å². The highest BCUT2D eigenvalue weighted by Crippen LogP contribution is 2.33. The van der Waals surface area contributed by atoms with Crippen LogP contribution >= 0.6 is 0 Å².